The number of hydrogen-bond acceptors (Lipinski definition) is 4. The minimum absolute atomic E-state index is 0.129. The minimum atomic E-state index is -0.977. The molecule has 1 aliphatic heterocycles. The first-order valence-electron chi connectivity index (χ1n) is 6.29. The van der Waals surface area contributed by atoms with E-state index in [0.29, 0.717) is 12.1 Å². The maximum Gasteiger partial charge on any atom is 0.326 e. The van der Waals surface area contributed by atoms with Crippen molar-refractivity contribution in [3.05, 3.63) is 17.5 Å². The second-order valence-corrected chi connectivity index (χ2v) is 5.67. The highest BCUT2D eigenvalue weighted by Crippen LogP contribution is 2.36. The van der Waals surface area contributed by atoms with Gasteiger partial charge in [-0.15, -0.1) is 0 Å². The number of piperidine rings is 1. The summed E-state index contributed by atoms with van der Waals surface area (Å²) in [6, 6.07) is -0.835. The summed E-state index contributed by atoms with van der Waals surface area (Å²) < 4.78 is 4.94. The van der Waals surface area contributed by atoms with E-state index in [9.17, 15) is 14.7 Å². The van der Waals surface area contributed by atoms with E-state index in [4.69, 9.17) is 4.52 Å². The van der Waals surface area contributed by atoms with Crippen LogP contribution in [0.1, 0.15) is 42.8 Å². The van der Waals surface area contributed by atoms with E-state index in [0.717, 1.165) is 12.8 Å². The predicted octanol–water partition coefficient (Wildman–Crippen LogP) is 1.70. The maximum atomic E-state index is 12.4. The van der Waals surface area contributed by atoms with Gasteiger partial charge >= 0.3 is 5.97 Å². The monoisotopic (exact) mass is 266 g/mol. The normalized spacial score (nSPS) is 22.3. The smallest absolute Gasteiger partial charge is 0.326 e. The van der Waals surface area contributed by atoms with Crippen LogP contribution >= 0.6 is 0 Å². The van der Waals surface area contributed by atoms with Crippen molar-refractivity contribution in [2.75, 3.05) is 6.54 Å². The van der Waals surface area contributed by atoms with Crippen LogP contribution in [-0.4, -0.2) is 39.6 Å². The molecule has 19 heavy (non-hydrogen) atoms. The second-order valence-electron chi connectivity index (χ2n) is 5.67. The van der Waals surface area contributed by atoms with E-state index in [-0.39, 0.29) is 5.76 Å². The lowest BCUT2D eigenvalue weighted by atomic mass is 9.76. The number of aryl methyl sites for hydroxylation is 1. The van der Waals surface area contributed by atoms with Crippen molar-refractivity contribution >= 4 is 11.9 Å². The third-order valence-electron chi connectivity index (χ3n) is 3.71. The van der Waals surface area contributed by atoms with E-state index in [1.807, 2.05) is 13.8 Å². The van der Waals surface area contributed by atoms with Crippen LogP contribution in [0.25, 0.3) is 0 Å². The third-order valence-corrected chi connectivity index (χ3v) is 3.71. The quantitative estimate of drug-likeness (QED) is 0.880. The van der Waals surface area contributed by atoms with E-state index < -0.39 is 23.3 Å². The Morgan fingerprint density at radius 1 is 1.53 bits per heavy atom. The number of aliphatic carboxylic acids is 1. The fourth-order valence-corrected chi connectivity index (χ4v) is 2.71. The Hall–Kier alpha value is -1.85. The Morgan fingerprint density at radius 3 is 2.74 bits per heavy atom. The van der Waals surface area contributed by atoms with Crippen molar-refractivity contribution in [3.8, 4) is 0 Å². The second kappa shape index (κ2) is 4.68. The van der Waals surface area contributed by atoms with Crippen LogP contribution in [-0.2, 0) is 4.79 Å². The van der Waals surface area contributed by atoms with Crippen LogP contribution in [0.4, 0.5) is 0 Å². The first-order chi connectivity index (χ1) is 8.84. The number of carbonyl (C=O) groups excluding carboxylic acids is 1. The highest BCUT2D eigenvalue weighted by atomic mass is 16.5. The summed E-state index contributed by atoms with van der Waals surface area (Å²) in [6.07, 6.45) is 3.02. The number of nitrogens with zero attached hydrogens (tertiary/aromatic N) is 2. The predicted molar refractivity (Wildman–Crippen MR) is 66.7 cm³/mol. The fourth-order valence-electron chi connectivity index (χ4n) is 2.71. The van der Waals surface area contributed by atoms with Gasteiger partial charge in [0.2, 0.25) is 5.76 Å². The van der Waals surface area contributed by atoms with Gasteiger partial charge in [-0.05, 0) is 25.2 Å². The SMILES string of the molecule is Cc1cnoc1C(=O)N1CCCC(C)(C)C1C(=O)O. The molecule has 1 unspecified atom stereocenters. The zero-order valence-corrected chi connectivity index (χ0v) is 11.3. The van der Waals surface area contributed by atoms with Crippen molar-refractivity contribution in [2.45, 2.75) is 39.7 Å². The van der Waals surface area contributed by atoms with Crippen molar-refractivity contribution < 1.29 is 19.2 Å². The molecule has 0 saturated carbocycles. The molecule has 2 rings (SSSR count). The van der Waals surface area contributed by atoms with Crippen LogP contribution in [0.15, 0.2) is 10.7 Å². The van der Waals surface area contributed by atoms with E-state index in [1.165, 1.54) is 11.1 Å². The number of likely N-dealkylation sites (tertiary alicyclic amines) is 1. The van der Waals surface area contributed by atoms with Crippen molar-refractivity contribution in [1.82, 2.24) is 10.1 Å². The molecule has 104 valence electrons. The van der Waals surface area contributed by atoms with Gasteiger partial charge in [0.1, 0.15) is 6.04 Å². The summed E-state index contributed by atoms with van der Waals surface area (Å²) in [5, 5.41) is 13.0. The zero-order chi connectivity index (χ0) is 14.2. The van der Waals surface area contributed by atoms with Crippen LogP contribution in [0.3, 0.4) is 0 Å². The van der Waals surface area contributed by atoms with Crippen LogP contribution in [0.2, 0.25) is 0 Å². The first kappa shape index (κ1) is 13.6. The first-order valence-corrected chi connectivity index (χ1v) is 6.29. The lowest BCUT2D eigenvalue weighted by molar-refractivity contribution is -0.148. The molecule has 0 spiro atoms. The molecule has 2 heterocycles. The molecule has 0 radical (unpaired) electrons. The van der Waals surface area contributed by atoms with Crippen LogP contribution in [0, 0.1) is 12.3 Å². The van der Waals surface area contributed by atoms with Gasteiger partial charge in [-0.3, -0.25) is 4.79 Å². The van der Waals surface area contributed by atoms with E-state index >= 15 is 0 Å². The summed E-state index contributed by atoms with van der Waals surface area (Å²) in [5.41, 5.74) is 0.172. The molecule has 1 N–H and O–H groups in total. The molecule has 0 aliphatic carbocycles. The van der Waals surface area contributed by atoms with Gasteiger partial charge in [-0.2, -0.15) is 0 Å². The number of hydrogen-bond donors (Lipinski definition) is 1. The van der Waals surface area contributed by atoms with Crippen molar-refractivity contribution in [2.24, 2.45) is 5.41 Å². The summed E-state index contributed by atoms with van der Waals surface area (Å²) in [7, 11) is 0. The summed E-state index contributed by atoms with van der Waals surface area (Å²) in [6.45, 7) is 5.89. The molecule has 0 bridgehead atoms. The highest BCUT2D eigenvalue weighted by Gasteiger charge is 2.45. The molecular weight excluding hydrogens is 248 g/mol. The Kier molecular flexibility index (Phi) is 3.34. The summed E-state index contributed by atoms with van der Waals surface area (Å²) in [5.74, 6) is -1.24. The van der Waals surface area contributed by atoms with Gasteiger partial charge in [0.15, 0.2) is 0 Å². The summed E-state index contributed by atoms with van der Waals surface area (Å²) in [4.78, 5) is 25.3. The van der Waals surface area contributed by atoms with Gasteiger partial charge in [-0.25, -0.2) is 4.79 Å². The molecule has 1 fully saturated rings. The van der Waals surface area contributed by atoms with Gasteiger partial charge in [-0.1, -0.05) is 19.0 Å². The van der Waals surface area contributed by atoms with E-state index in [2.05, 4.69) is 5.16 Å². The molecular formula is C13H18N2O4. The van der Waals surface area contributed by atoms with Gasteiger partial charge < -0.3 is 14.5 Å². The number of amides is 1. The molecule has 1 aromatic heterocycles. The van der Waals surface area contributed by atoms with Gasteiger partial charge in [0.25, 0.3) is 5.91 Å². The standard InChI is InChI=1S/C13H18N2O4/c1-8-7-14-19-9(8)11(16)15-6-4-5-13(2,3)10(15)12(17)18/h7,10H,4-6H2,1-3H3,(H,17,18). The topological polar surface area (TPSA) is 83.6 Å². The number of carboxylic acid groups (broad SMARTS) is 1. The Balaban J connectivity index is 2.34. The Labute approximate surface area is 111 Å². The van der Waals surface area contributed by atoms with Crippen LogP contribution in [0.5, 0.6) is 0 Å². The van der Waals surface area contributed by atoms with Gasteiger partial charge in [0.05, 0.1) is 6.20 Å². The van der Waals surface area contributed by atoms with Crippen LogP contribution < -0.4 is 0 Å². The average molecular weight is 266 g/mol. The molecule has 1 saturated heterocycles. The number of rotatable bonds is 2. The number of carboxylic acids is 1. The Morgan fingerprint density at radius 2 is 2.21 bits per heavy atom. The van der Waals surface area contributed by atoms with E-state index in [1.54, 1.807) is 6.92 Å². The fraction of sp³-hybridized carbons (Fsp3) is 0.615. The Bertz CT molecular complexity index is 506. The third kappa shape index (κ3) is 2.34. The van der Waals surface area contributed by atoms with Crippen molar-refractivity contribution in [1.29, 1.82) is 0 Å². The molecule has 1 amide bonds. The largest absolute Gasteiger partial charge is 0.480 e. The van der Waals surface area contributed by atoms with Gasteiger partial charge in [0, 0.05) is 12.1 Å². The molecule has 1 aromatic rings. The molecule has 6 heteroatoms. The molecule has 6 nitrogen and oxygen atoms in total. The molecule has 0 aromatic carbocycles. The number of aromatic nitrogens is 1. The maximum absolute atomic E-state index is 12.4. The minimum Gasteiger partial charge on any atom is -0.480 e. The highest BCUT2D eigenvalue weighted by molar-refractivity contribution is 5.95. The lowest BCUT2D eigenvalue weighted by Crippen LogP contribution is -2.56. The summed E-state index contributed by atoms with van der Waals surface area (Å²) >= 11 is 0. The molecule has 1 aliphatic rings. The zero-order valence-electron chi connectivity index (χ0n) is 11.3. The van der Waals surface area contributed by atoms with Crippen molar-refractivity contribution in [3.63, 3.8) is 0 Å². The number of carbonyl (C=O) groups is 2. The average Bonchev–Trinajstić information content (AvgIpc) is 2.72. The molecule has 1 atom stereocenters. The lowest BCUT2D eigenvalue weighted by Gasteiger charge is -2.43.